The molecule has 1 rings (SSSR count). The van der Waals surface area contributed by atoms with Crippen LogP contribution in [0.3, 0.4) is 0 Å². The molecule has 0 saturated heterocycles. The van der Waals surface area contributed by atoms with Gasteiger partial charge in [-0.3, -0.25) is 14.9 Å². The molecular weight excluding hydrogens is 390 g/mol. The molecule has 6 N–H and O–H groups in total. The fraction of sp³-hybridized carbons (Fsp3) is 0.500. The van der Waals surface area contributed by atoms with Crippen molar-refractivity contribution in [2.75, 3.05) is 18.6 Å². The molecule has 3 atom stereocenters. The number of nitrogens with zero attached hydrogens (tertiary/aromatic N) is 1. The number of non-ortho nitro benzene ring substituents is 1. The zero-order valence-electron chi connectivity index (χ0n) is 14.0. The third kappa shape index (κ3) is 7.62. The third-order valence-corrected chi connectivity index (χ3v) is 4.54. The first kappa shape index (κ1) is 24.2. The van der Waals surface area contributed by atoms with Gasteiger partial charge in [0, 0.05) is 24.8 Å². The molecule has 0 spiro atoms. The molecule has 0 aliphatic carbocycles. The molecule has 0 fully saturated rings. The van der Waals surface area contributed by atoms with E-state index in [9.17, 15) is 33.5 Å². The van der Waals surface area contributed by atoms with Crippen molar-refractivity contribution in [1.82, 2.24) is 5.32 Å². The van der Waals surface area contributed by atoms with Crippen LogP contribution in [0.5, 0.6) is 0 Å². The van der Waals surface area contributed by atoms with E-state index >= 15 is 0 Å². The first-order valence-corrected chi connectivity index (χ1v) is 9.45. The van der Waals surface area contributed by atoms with Gasteiger partial charge in [-0.1, -0.05) is 0 Å². The number of nitro benzene ring substituents is 1. The fourth-order valence-electron chi connectivity index (χ4n) is 2.04. The second kappa shape index (κ2) is 10.4. The summed E-state index contributed by atoms with van der Waals surface area (Å²) in [5.41, 5.74) is 3.70. The Hall–Kier alpha value is -1.79. The first-order valence-electron chi connectivity index (χ1n) is 7.39. The smallest absolute Gasteiger partial charge is 0.278 e. The number of benzene rings is 1. The average molecular weight is 412 g/mol. The molecule has 0 heterocycles. The zero-order valence-corrected chi connectivity index (χ0v) is 15.6. The summed E-state index contributed by atoms with van der Waals surface area (Å²) < 4.78 is 22.2. The molecule has 26 heavy (non-hydrogen) atoms. The van der Waals surface area contributed by atoms with Gasteiger partial charge in [0.15, 0.2) is 6.04 Å². The highest BCUT2D eigenvalue weighted by molar-refractivity contribution is 7.90. The topological polar surface area (TPSA) is 174 Å². The molecule has 148 valence electrons. The number of aliphatic hydroxyl groups is 2. The molecule has 0 saturated carbocycles. The molecule has 0 aromatic heterocycles. The number of hydrogen-bond donors (Lipinski definition) is 4. The van der Waals surface area contributed by atoms with Crippen LogP contribution >= 0.6 is 0 Å². The molecule has 0 unspecified atom stereocenters. The monoisotopic (exact) mass is 411 g/mol. The lowest BCUT2D eigenvalue weighted by Gasteiger charge is -2.23. The van der Waals surface area contributed by atoms with E-state index < -0.39 is 45.5 Å². The highest BCUT2D eigenvalue weighted by Gasteiger charge is 2.27. The van der Waals surface area contributed by atoms with Gasteiger partial charge in [0.2, 0.25) is 0 Å². The fourth-order valence-corrected chi connectivity index (χ4v) is 2.75. The largest absolute Gasteiger partial charge is 1.00 e. The lowest BCUT2D eigenvalue weighted by atomic mass is 10.0. The van der Waals surface area contributed by atoms with Crippen LogP contribution < -0.4 is 23.5 Å². The summed E-state index contributed by atoms with van der Waals surface area (Å²) in [6.45, 7) is -0.581. The summed E-state index contributed by atoms with van der Waals surface area (Å²) in [5.74, 6) is -0.813. The lowest BCUT2D eigenvalue weighted by molar-refractivity contribution is -0.404. The van der Waals surface area contributed by atoms with Gasteiger partial charge >= 0.3 is 0 Å². The highest BCUT2D eigenvalue weighted by atomic mass is 35.5. The Morgan fingerprint density at radius 2 is 1.88 bits per heavy atom. The van der Waals surface area contributed by atoms with Gasteiger partial charge < -0.3 is 33.7 Å². The number of rotatable bonds is 9. The summed E-state index contributed by atoms with van der Waals surface area (Å²) in [5, 5.41) is 32.7. The maximum absolute atomic E-state index is 12.0. The van der Waals surface area contributed by atoms with E-state index in [4.69, 9.17) is 0 Å². The van der Waals surface area contributed by atoms with Gasteiger partial charge in [0.05, 0.1) is 23.3 Å². The van der Waals surface area contributed by atoms with Crippen LogP contribution in [0.4, 0.5) is 5.69 Å². The van der Waals surface area contributed by atoms with Gasteiger partial charge in [-0.25, -0.2) is 8.42 Å². The predicted octanol–water partition coefficient (Wildman–Crippen LogP) is -4.85. The van der Waals surface area contributed by atoms with E-state index in [1.54, 1.807) is 0 Å². The molecule has 0 aliphatic heterocycles. The van der Waals surface area contributed by atoms with Gasteiger partial charge in [0.25, 0.3) is 11.6 Å². The third-order valence-electron chi connectivity index (χ3n) is 3.56. The zero-order chi connectivity index (χ0) is 19.2. The number of carbonyl (C=O) groups excluding carboxylic acids is 1. The van der Waals surface area contributed by atoms with Crippen molar-refractivity contribution < 1.29 is 46.5 Å². The van der Waals surface area contributed by atoms with E-state index in [-0.39, 0.29) is 35.8 Å². The van der Waals surface area contributed by atoms with Crippen molar-refractivity contribution in [3.8, 4) is 0 Å². The number of sulfone groups is 1. The molecular formula is C14H22ClN3O7S. The van der Waals surface area contributed by atoms with Crippen LogP contribution in [0, 0.1) is 10.1 Å². The molecule has 10 nitrogen and oxygen atoms in total. The van der Waals surface area contributed by atoms with Crippen LogP contribution in [-0.2, 0) is 14.6 Å². The van der Waals surface area contributed by atoms with Crippen molar-refractivity contribution >= 4 is 21.4 Å². The summed E-state index contributed by atoms with van der Waals surface area (Å²) in [7, 11) is -3.23. The minimum absolute atomic E-state index is 0. The Kier molecular flexibility index (Phi) is 9.67. The maximum atomic E-state index is 12.0. The van der Waals surface area contributed by atoms with Gasteiger partial charge in [-0.05, 0) is 17.7 Å². The Balaban J connectivity index is 0.00000625. The Morgan fingerprint density at radius 1 is 1.35 bits per heavy atom. The van der Waals surface area contributed by atoms with E-state index in [1.807, 2.05) is 0 Å². The van der Waals surface area contributed by atoms with E-state index in [0.717, 1.165) is 6.26 Å². The molecule has 0 bridgehead atoms. The number of halogens is 1. The van der Waals surface area contributed by atoms with Gasteiger partial charge in [-0.2, -0.15) is 0 Å². The second-order valence-corrected chi connectivity index (χ2v) is 7.97. The van der Waals surface area contributed by atoms with Crippen molar-refractivity contribution in [3.05, 3.63) is 39.9 Å². The molecule has 0 radical (unpaired) electrons. The van der Waals surface area contributed by atoms with Crippen LogP contribution in [0.25, 0.3) is 0 Å². The van der Waals surface area contributed by atoms with Crippen molar-refractivity contribution in [2.45, 2.75) is 24.6 Å². The minimum Gasteiger partial charge on any atom is -1.00 e. The number of amides is 1. The number of carbonyl (C=O) groups is 1. The minimum atomic E-state index is -3.23. The first-order chi connectivity index (χ1) is 11.5. The van der Waals surface area contributed by atoms with Crippen molar-refractivity contribution in [1.29, 1.82) is 0 Å². The second-order valence-electron chi connectivity index (χ2n) is 5.71. The number of nitro groups is 1. The van der Waals surface area contributed by atoms with Crippen molar-refractivity contribution in [2.24, 2.45) is 0 Å². The quantitative estimate of drug-likeness (QED) is 0.233. The van der Waals surface area contributed by atoms with Crippen LogP contribution in [-0.4, -0.2) is 60.2 Å². The van der Waals surface area contributed by atoms with Crippen LogP contribution in [0.2, 0.25) is 0 Å². The summed E-state index contributed by atoms with van der Waals surface area (Å²) in [6.07, 6.45) is -0.236. The summed E-state index contributed by atoms with van der Waals surface area (Å²) in [4.78, 5) is 22.1. The number of hydrogen-bond acceptors (Lipinski definition) is 7. The number of quaternary nitrogens is 1. The Labute approximate surface area is 156 Å². The summed E-state index contributed by atoms with van der Waals surface area (Å²) in [6, 6.07) is 3.12. The molecule has 1 aromatic rings. The highest BCUT2D eigenvalue weighted by Crippen LogP contribution is 2.20. The van der Waals surface area contributed by atoms with E-state index in [1.165, 1.54) is 24.3 Å². The van der Waals surface area contributed by atoms with Gasteiger partial charge in [-0.15, -0.1) is 0 Å². The predicted molar refractivity (Wildman–Crippen MR) is 88.1 cm³/mol. The number of nitrogens with one attached hydrogen (secondary N) is 1. The van der Waals surface area contributed by atoms with Crippen LogP contribution in [0.15, 0.2) is 24.3 Å². The molecule has 0 aliphatic rings. The SMILES string of the molecule is CS(=O)(=O)CC[C@H]([NH3+])C(=O)N[C@H](CO)[C@@H](O)c1ccc([N+](=O)[O-])cc1.[Cl-]. The molecule has 1 aromatic carbocycles. The standard InChI is InChI=1S/C14H21N3O7S.ClH/c1-25(23,24)7-6-11(15)14(20)16-12(8-18)13(19)9-2-4-10(5-3-9)17(21)22;/h2-5,11-13,18-19H,6-8,15H2,1H3,(H,16,20);1H/t11-,12+,13-;/m0./s1. The molecule has 1 amide bonds. The normalized spacial score (nSPS) is 14.6. The van der Waals surface area contributed by atoms with E-state index in [2.05, 4.69) is 11.1 Å². The maximum Gasteiger partial charge on any atom is 0.278 e. The van der Waals surface area contributed by atoms with Gasteiger partial charge in [0.1, 0.15) is 15.9 Å². The average Bonchev–Trinajstić information content (AvgIpc) is 2.56. The molecule has 12 heteroatoms. The van der Waals surface area contributed by atoms with Crippen molar-refractivity contribution in [3.63, 3.8) is 0 Å². The summed E-state index contributed by atoms with van der Waals surface area (Å²) >= 11 is 0. The lowest BCUT2D eigenvalue weighted by Crippen LogP contribution is -3.00. The van der Waals surface area contributed by atoms with Crippen LogP contribution in [0.1, 0.15) is 18.1 Å². The van der Waals surface area contributed by atoms with E-state index in [0.29, 0.717) is 0 Å². The Morgan fingerprint density at radius 3 is 2.31 bits per heavy atom. The Bertz CT molecular complexity index is 712. The number of aliphatic hydroxyl groups excluding tert-OH is 2.